The number of aromatic nitrogens is 1. The molecule has 98 heavy (non-hydrogen) atoms. The van der Waals surface area contributed by atoms with Crippen molar-refractivity contribution >= 4 is 86.5 Å². The smallest absolute Gasteiger partial charge is 0.312 e. The van der Waals surface area contributed by atoms with Crippen LogP contribution in [0.5, 0.6) is 17.2 Å². The van der Waals surface area contributed by atoms with Gasteiger partial charge in [-0.1, -0.05) is 84.4 Å². The van der Waals surface area contributed by atoms with Crippen LogP contribution in [-0.4, -0.2) is 141 Å². The number of ketones is 1. The number of phenols is 1. The zero-order chi connectivity index (χ0) is 71.6. The van der Waals surface area contributed by atoms with Crippen molar-refractivity contribution in [1.82, 2.24) is 25.8 Å². The number of methoxy groups -OCH3 is 1. The molecule has 0 spiro atoms. The number of urea groups is 1. The third-order valence-corrected chi connectivity index (χ3v) is 18.0. The molecular formula is C71H86N8O19. The Morgan fingerprint density at radius 3 is 2.22 bits per heavy atom. The van der Waals surface area contributed by atoms with Crippen LogP contribution in [0.1, 0.15) is 122 Å². The van der Waals surface area contributed by atoms with Gasteiger partial charge in [-0.25, -0.2) is 9.78 Å². The molecule has 8 rings (SSSR count). The molecule has 4 aliphatic heterocycles. The molecule has 0 radical (unpaired) electrons. The molecule has 4 heterocycles. The van der Waals surface area contributed by atoms with E-state index in [4.69, 9.17) is 38.8 Å². The van der Waals surface area contributed by atoms with Crippen molar-refractivity contribution in [1.29, 1.82) is 0 Å². The monoisotopic (exact) mass is 1350 g/mol. The lowest BCUT2D eigenvalue weighted by Crippen LogP contribution is -2.54. The van der Waals surface area contributed by atoms with Crippen LogP contribution in [0.4, 0.5) is 16.2 Å². The molecule has 0 aromatic heterocycles. The predicted octanol–water partition coefficient (Wildman–Crippen LogP) is 7.03. The highest BCUT2D eigenvalue weighted by Gasteiger charge is 2.50. The number of carbonyl (C=O) groups is 9. The molecule has 5 aliphatic rings. The van der Waals surface area contributed by atoms with Gasteiger partial charge >= 0.3 is 17.8 Å². The summed E-state index contributed by atoms with van der Waals surface area (Å²) in [5.41, 5.74) is 4.65. The first kappa shape index (κ1) is 73.8. The number of imide groups is 1. The number of aromatic hydroxyl groups is 1. The second-order valence-electron chi connectivity index (χ2n) is 25.6. The van der Waals surface area contributed by atoms with Crippen LogP contribution in [0.2, 0.25) is 0 Å². The summed E-state index contributed by atoms with van der Waals surface area (Å²) in [6.07, 6.45) is 7.37. The second-order valence-corrected chi connectivity index (χ2v) is 25.6. The fraction of sp³-hybridized carbons (Fsp3) is 0.451. The molecule has 8 amide bonds. The lowest BCUT2D eigenvalue weighted by atomic mass is 9.78. The maximum atomic E-state index is 15.1. The summed E-state index contributed by atoms with van der Waals surface area (Å²) < 4.78 is 37.0. The van der Waals surface area contributed by atoms with E-state index in [1.54, 1.807) is 96.2 Å². The van der Waals surface area contributed by atoms with Gasteiger partial charge in [0.1, 0.15) is 58.9 Å². The molecule has 524 valence electrons. The number of carbonyl (C=O) groups excluding carboxylic acids is 9. The van der Waals surface area contributed by atoms with E-state index in [2.05, 4.69) is 26.6 Å². The van der Waals surface area contributed by atoms with E-state index in [-0.39, 0.29) is 107 Å². The van der Waals surface area contributed by atoms with E-state index in [9.17, 15) is 53.7 Å². The van der Waals surface area contributed by atoms with Gasteiger partial charge in [-0.15, -0.1) is 0 Å². The number of allylic oxidation sites excluding steroid dienone is 2. The van der Waals surface area contributed by atoms with Crippen molar-refractivity contribution in [3.05, 3.63) is 118 Å². The molecule has 0 saturated carbocycles. The van der Waals surface area contributed by atoms with Crippen LogP contribution in [-0.2, 0) is 54.4 Å². The van der Waals surface area contributed by atoms with Gasteiger partial charge in [0, 0.05) is 98.5 Å². The average Bonchev–Trinajstić information content (AvgIpc) is 1.39. The van der Waals surface area contributed by atoms with Crippen molar-refractivity contribution in [2.24, 2.45) is 35.3 Å². The predicted molar refractivity (Wildman–Crippen MR) is 360 cm³/mol. The quantitative estimate of drug-likeness (QED) is 0.0117. The fourth-order valence-corrected chi connectivity index (χ4v) is 12.2. The number of aliphatic hydroxyl groups is 2. The second kappa shape index (κ2) is 31.9. The summed E-state index contributed by atoms with van der Waals surface area (Å²) >= 11 is 0. The molecule has 11 atom stereocenters. The summed E-state index contributed by atoms with van der Waals surface area (Å²) in [6.45, 7) is 16.0. The summed E-state index contributed by atoms with van der Waals surface area (Å²) in [6, 6.07) is 8.37. The van der Waals surface area contributed by atoms with Gasteiger partial charge in [0.15, 0.2) is 11.3 Å². The van der Waals surface area contributed by atoms with Crippen LogP contribution in [0, 0.1) is 36.5 Å². The number of hydrogen-bond donors (Lipinski definition) is 9. The number of nitrogens with two attached hydrogens (primary N) is 1. The summed E-state index contributed by atoms with van der Waals surface area (Å²) in [5, 5.41) is 48.2. The van der Waals surface area contributed by atoms with Crippen molar-refractivity contribution < 1.29 is 86.6 Å². The van der Waals surface area contributed by atoms with Crippen molar-refractivity contribution in [2.75, 3.05) is 30.8 Å². The van der Waals surface area contributed by atoms with E-state index >= 15 is 9.59 Å². The number of phenolic OH excluding ortho intramolecular Hbond substituents is 1. The summed E-state index contributed by atoms with van der Waals surface area (Å²) in [5.74, 6) is -10.8. The number of nitrogens with one attached hydrogen (secondary N) is 5. The molecule has 27 nitrogen and oxygen atoms in total. The number of amides is 8. The van der Waals surface area contributed by atoms with Gasteiger partial charge in [-0.05, 0) is 81.4 Å². The fourth-order valence-electron chi connectivity index (χ4n) is 12.2. The standard InChI is InChI=1S/C71H86N8O19/c1-35(2)55(76-49(81)23-13-12-14-32-79-50(82)28-29-51(79)83)69(91)75-45(20-17-31-73-70(72)92)68(90)74-44-26-24-43(25-27-44)34-94-47-21-16-22-48-56(47)77-57-52-53-61(86)41(8)64-54(52)66(88)71(10,98-64)95-33-30-46(93-11)38(5)63(96-42(9)80)40(7)60(85)39(6)59(84)36(3)18-15-19-37(4)67(89)78-58(62(53)87)65(57)97-48/h15-16,18-19,21-22,24-30,33,35-36,38-40,45-46,55,59-60,63,84-86H,12-14,17,20,23,31-32,34H2,1-11H3,(H,74,90)(H,75,91)(H,76,81)(H,78,89)(H3,72,73,92)/b18-15+,33-30+,37-19-/t36-,38+,39+,40+,45-,46-,55-,59-,60+,63+,71-/m0/s1. The maximum absolute atomic E-state index is 15.1. The SMILES string of the molecule is CO[C@H]1/C=C/O[C@@]2(C)Oc3c(C)c(O)c4c(=O)c(c5oc6cccc(OCc7ccc(NC(=O)[C@H](CCCNC(N)=O)NC(=O)[C@@H](NC(=O)CCCCCN8C(=O)C=CC8=O)C(C)C)cc7)c6nc-5c4c3C2=O)NC(=O)/C(C)=C\C=C\[C@H](C)[C@H](O)[C@@H](C)[C@@H](O)[C@@H](C)[C@H](OC(C)=O)[C@@H]1C. The van der Waals surface area contributed by atoms with E-state index in [1.807, 2.05) is 0 Å². The highest BCUT2D eigenvalue weighted by Crippen LogP contribution is 2.51. The van der Waals surface area contributed by atoms with E-state index < -0.39 is 136 Å². The number of para-hydroxylation sites is 1. The molecular weight excluding hydrogens is 1270 g/mol. The lowest BCUT2D eigenvalue weighted by Gasteiger charge is -2.38. The maximum Gasteiger partial charge on any atom is 0.312 e. The van der Waals surface area contributed by atoms with Gasteiger partial charge in [0.05, 0.1) is 35.5 Å². The largest absolute Gasteiger partial charge is 0.507 e. The Hall–Kier alpha value is -9.99. The molecule has 1 aliphatic carbocycles. The Morgan fingerprint density at radius 2 is 1.56 bits per heavy atom. The number of unbranched alkanes of at least 4 members (excludes halogenated alkanes) is 2. The Morgan fingerprint density at radius 1 is 0.857 bits per heavy atom. The number of Topliss-reactive ketones (excluding diaryl/α,β-unsaturated/α-hetero) is 1. The van der Waals surface area contributed by atoms with Gasteiger partial charge < -0.3 is 75.7 Å². The molecule has 27 heteroatoms. The molecule has 0 fully saturated rings. The third-order valence-electron chi connectivity index (χ3n) is 18.0. The number of aliphatic hydroxyl groups excluding tert-OH is 2. The topological polar surface area (TPSA) is 393 Å². The number of esters is 1. The van der Waals surface area contributed by atoms with Crippen LogP contribution < -0.4 is 47.2 Å². The van der Waals surface area contributed by atoms with Crippen LogP contribution >= 0.6 is 0 Å². The van der Waals surface area contributed by atoms with Gasteiger partial charge in [0.2, 0.25) is 23.2 Å². The number of rotatable bonds is 21. The highest BCUT2D eigenvalue weighted by atomic mass is 16.7. The van der Waals surface area contributed by atoms with E-state index in [1.165, 1.54) is 65.4 Å². The molecule has 4 bridgehead atoms. The van der Waals surface area contributed by atoms with Crippen molar-refractivity contribution in [3.63, 3.8) is 0 Å². The first-order chi connectivity index (χ1) is 46.5. The first-order valence-corrected chi connectivity index (χ1v) is 32.5. The van der Waals surface area contributed by atoms with Crippen molar-refractivity contribution in [2.45, 2.75) is 157 Å². The zero-order valence-electron chi connectivity index (χ0n) is 56.6. The highest BCUT2D eigenvalue weighted by molar-refractivity contribution is 6.22. The van der Waals surface area contributed by atoms with Crippen LogP contribution in [0.15, 0.2) is 100.0 Å². The minimum Gasteiger partial charge on any atom is -0.507 e. The van der Waals surface area contributed by atoms with Crippen LogP contribution in [0.3, 0.4) is 0 Å². The molecule has 3 aromatic rings. The third kappa shape index (κ3) is 16.7. The first-order valence-electron chi connectivity index (χ1n) is 32.5. The normalized spacial score (nSPS) is 23.9. The zero-order valence-corrected chi connectivity index (χ0v) is 56.6. The van der Waals surface area contributed by atoms with E-state index in [0.29, 0.717) is 30.5 Å². The number of primary amides is 1. The molecule has 0 saturated heterocycles. The van der Waals surface area contributed by atoms with Crippen LogP contribution in [0.25, 0.3) is 33.3 Å². The Balaban J connectivity index is 1.08. The number of nitrogens with zero attached hydrogens (tertiary/aromatic N) is 2. The number of hydrogen-bond acceptors (Lipinski definition) is 20. The number of ether oxygens (including phenoxy) is 5. The minimum absolute atomic E-state index is 0.0246. The molecule has 3 aromatic carbocycles. The minimum atomic E-state index is -2.16. The van der Waals surface area contributed by atoms with E-state index in [0.717, 1.165) is 4.90 Å². The average molecular weight is 1360 g/mol. The number of anilines is 2. The van der Waals surface area contributed by atoms with Gasteiger partial charge in [0.25, 0.3) is 23.5 Å². The Bertz CT molecular complexity index is 4030. The summed E-state index contributed by atoms with van der Waals surface area (Å²) in [4.78, 5) is 139. The molecule has 0 unspecified atom stereocenters. The van der Waals surface area contributed by atoms with Gasteiger partial charge in [-0.2, -0.15) is 0 Å². The van der Waals surface area contributed by atoms with Gasteiger partial charge in [-0.3, -0.25) is 48.1 Å². The Kier molecular flexibility index (Phi) is 24.0. The number of benzene rings is 4. The van der Waals surface area contributed by atoms with Crippen molar-refractivity contribution in [3.8, 4) is 28.7 Å². The summed E-state index contributed by atoms with van der Waals surface area (Å²) in [7, 11) is 1.41. The Labute approximate surface area is 565 Å². The lowest BCUT2D eigenvalue weighted by molar-refractivity contribution is -0.160. The molecule has 10 N–H and O–H groups in total. The number of fused-ring (bicyclic) bond motifs is 2.